The van der Waals surface area contributed by atoms with Crippen LogP contribution in [0, 0.1) is 0 Å². The maximum absolute atomic E-state index is 2.54. The second-order valence-corrected chi connectivity index (χ2v) is 14.2. The zero-order chi connectivity index (χ0) is 29.9. The quantitative estimate of drug-likeness (QED) is 0.182. The van der Waals surface area contributed by atoms with Gasteiger partial charge in [0.05, 0.1) is 26.8 Å². The van der Waals surface area contributed by atoms with Crippen molar-refractivity contribution in [2.24, 2.45) is 0 Å². The average molecular weight is 621 g/mol. The van der Waals surface area contributed by atoms with Crippen molar-refractivity contribution in [3.05, 3.63) is 146 Å². The first kappa shape index (κ1) is 24.8. The van der Waals surface area contributed by atoms with E-state index in [1.807, 2.05) is 22.7 Å². The minimum absolute atomic E-state index is 1.18. The molecule has 0 radical (unpaired) electrons. The highest BCUT2D eigenvalue weighted by Gasteiger charge is 2.26. The van der Waals surface area contributed by atoms with E-state index in [0.717, 1.165) is 0 Å². The normalized spacial score (nSPS) is 12.3. The van der Waals surface area contributed by atoms with Crippen LogP contribution in [-0.2, 0) is 0 Å². The van der Waals surface area contributed by atoms with Gasteiger partial charge in [0.2, 0.25) is 0 Å². The number of hydrogen-bond donors (Lipinski definition) is 0. The van der Waals surface area contributed by atoms with Gasteiger partial charge in [-0.05, 0) is 54.6 Å². The highest BCUT2D eigenvalue weighted by atomic mass is 32.1. The minimum atomic E-state index is 1.18. The number of thiophene rings is 2. The highest BCUT2D eigenvalue weighted by molar-refractivity contribution is 7.27. The number of rotatable bonds is 2. The molecular formula is C42H24N2S2. The molecule has 0 atom stereocenters. The molecule has 0 fully saturated rings. The molecule has 0 saturated heterocycles. The predicted octanol–water partition coefficient (Wildman–Crippen LogP) is 12.6. The summed E-state index contributed by atoms with van der Waals surface area (Å²) in [5, 5.41) is 10.5. The molecule has 11 aromatic rings. The molecule has 0 saturated carbocycles. The Bertz CT molecular complexity index is 3020. The highest BCUT2D eigenvalue weighted by Crippen LogP contribution is 2.51. The fourth-order valence-electron chi connectivity index (χ4n) is 7.85. The largest absolute Gasteiger partial charge is 0.309 e. The first-order chi connectivity index (χ1) is 22.8. The predicted molar refractivity (Wildman–Crippen MR) is 201 cm³/mol. The lowest BCUT2D eigenvalue weighted by Gasteiger charge is -2.12. The Morgan fingerprint density at radius 1 is 0.348 bits per heavy atom. The Hall–Kier alpha value is -5.42. The van der Waals surface area contributed by atoms with Gasteiger partial charge in [0.25, 0.3) is 0 Å². The van der Waals surface area contributed by atoms with E-state index in [4.69, 9.17) is 0 Å². The maximum Gasteiger partial charge on any atom is 0.0727 e. The zero-order valence-electron chi connectivity index (χ0n) is 24.6. The fraction of sp³-hybridized carbons (Fsp3) is 0. The Labute approximate surface area is 271 Å². The molecule has 0 spiro atoms. The topological polar surface area (TPSA) is 9.86 Å². The van der Waals surface area contributed by atoms with Gasteiger partial charge < -0.3 is 9.13 Å². The SMILES string of the molecule is c1ccc(-n2c3ccccc3c3c4c5ccccc5n(-c5ccc6sc7ccccc7c6c5)c4c4sc5ccccc5c4c32)cc1. The van der Waals surface area contributed by atoms with Crippen LogP contribution in [0.2, 0.25) is 0 Å². The summed E-state index contributed by atoms with van der Waals surface area (Å²) >= 11 is 3.79. The van der Waals surface area contributed by atoms with E-state index >= 15 is 0 Å². The maximum atomic E-state index is 2.54. The van der Waals surface area contributed by atoms with E-state index in [1.165, 1.54) is 95.3 Å². The molecule has 0 aliphatic rings. The molecule has 0 N–H and O–H groups in total. The molecule has 4 heteroatoms. The summed E-state index contributed by atoms with van der Waals surface area (Å²) in [5.74, 6) is 0. The van der Waals surface area contributed by atoms with Crippen molar-refractivity contribution < 1.29 is 0 Å². The molecule has 0 aliphatic heterocycles. The third-order valence-electron chi connectivity index (χ3n) is 9.68. The molecule has 0 amide bonds. The molecular weight excluding hydrogens is 597 g/mol. The fourth-order valence-corrected chi connectivity index (χ4v) is 10.2. The van der Waals surface area contributed by atoms with Crippen molar-refractivity contribution in [2.75, 3.05) is 0 Å². The smallest absolute Gasteiger partial charge is 0.0727 e. The lowest BCUT2D eigenvalue weighted by Crippen LogP contribution is -1.95. The summed E-state index contributed by atoms with van der Waals surface area (Å²) in [6.45, 7) is 0. The number of fused-ring (bicyclic) bond motifs is 15. The number of para-hydroxylation sites is 3. The van der Waals surface area contributed by atoms with E-state index in [-0.39, 0.29) is 0 Å². The molecule has 46 heavy (non-hydrogen) atoms. The van der Waals surface area contributed by atoms with E-state index in [1.54, 1.807) is 0 Å². The Balaban J connectivity index is 1.44. The zero-order valence-corrected chi connectivity index (χ0v) is 26.2. The second kappa shape index (κ2) is 9.07. The third-order valence-corrected chi connectivity index (χ3v) is 12.0. The molecule has 11 rings (SSSR count). The van der Waals surface area contributed by atoms with Crippen molar-refractivity contribution in [3.63, 3.8) is 0 Å². The van der Waals surface area contributed by atoms with Crippen molar-refractivity contribution in [3.8, 4) is 11.4 Å². The van der Waals surface area contributed by atoms with Gasteiger partial charge in [0.15, 0.2) is 0 Å². The monoisotopic (exact) mass is 620 g/mol. The summed E-state index contributed by atoms with van der Waals surface area (Å²) < 4.78 is 10.3. The number of benzene rings is 7. The van der Waals surface area contributed by atoms with Crippen LogP contribution in [-0.4, -0.2) is 9.13 Å². The van der Waals surface area contributed by atoms with Gasteiger partial charge in [-0.25, -0.2) is 0 Å². The Morgan fingerprint density at radius 3 is 1.63 bits per heavy atom. The first-order valence-corrected chi connectivity index (χ1v) is 17.2. The van der Waals surface area contributed by atoms with E-state index in [2.05, 4.69) is 155 Å². The van der Waals surface area contributed by atoms with Gasteiger partial charge in [-0.3, -0.25) is 0 Å². The summed E-state index contributed by atoms with van der Waals surface area (Å²) in [4.78, 5) is 0. The molecule has 214 valence electrons. The van der Waals surface area contributed by atoms with E-state index in [9.17, 15) is 0 Å². The molecule has 0 unspecified atom stereocenters. The molecule has 0 aliphatic carbocycles. The average Bonchev–Trinajstić information content (AvgIpc) is 3.86. The summed E-state index contributed by atoms with van der Waals surface area (Å²) in [6, 6.07) is 53.6. The lowest BCUT2D eigenvalue weighted by atomic mass is 10.0. The summed E-state index contributed by atoms with van der Waals surface area (Å²) in [7, 11) is 0. The van der Waals surface area contributed by atoms with Gasteiger partial charge in [-0.15, -0.1) is 22.7 Å². The standard InChI is InChI=1S/C42H24N2S2/c1-2-12-25(13-3-1)43-32-18-8-4-15-28(32)37-38-29-16-5-9-19-33(29)44(26-22-23-36-31(24-26)27-14-6-10-20-34(27)45-36)41(38)42-39(40(37)43)30-17-7-11-21-35(30)46-42/h1-24H. The lowest BCUT2D eigenvalue weighted by molar-refractivity contribution is 1.18. The Kier molecular flexibility index (Phi) is 4.90. The van der Waals surface area contributed by atoms with Crippen LogP contribution in [0.25, 0.3) is 95.3 Å². The number of hydrogen-bond acceptors (Lipinski definition) is 2. The third kappa shape index (κ3) is 3.15. The van der Waals surface area contributed by atoms with Crippen LogP contribution in [0.3, 0.4) is 0 Å². The van der Waals surface area contributed by atoms with Crippen molar-refractivity contribution in [1.82, 2.24) is 9.13 Å². The minimum Gasteiger partial charge on any atom is -0.309 e. The van der Waals surface area contributed by atoms with Gasteiger partial charge in [-0.2, -0.15) is 0 Å². The molecule has 4 aromatic heterocycles. The van der Waals surface area contributed by atoms with Crippen LogP contribution in [0.4, 0.5) is 0 Å². The second-order valence-electron chi connectivity index (χ2n) is 12.1. The van der Waals surface area contributed by atoms with Crippen LogP contribution in [0.1, 0.15) is 0 Å². The van der Waals surface area contributed by atoms with Crippen molar-refractivity contribution in [2.45, 2.75) is 0 Å². The van der Waals surface area contributed by atoms with Crippen LogP contribution in [0.15, 0.2) is 146 Å². The molecule has 4 heterocycles. The van der Waals surface area contributed by atoms with Crippen molar-refractivity contribution in [1.29, 1.82) is 0 Å². The number of nitrogens with zero attached hydrogens (tertiary/aromatic N) is 2. The van der Waals surface area contributed by atoms with E-state index in [0.29, 0.717) is 0 Å². The molecule has 2 nitrogen and oxygen atoms in total. The van der Waals surface area contributed by atoms with Gasteiger partial charge in [0, 0.05) is 68.6 Å². The van der Waals surface area contributed by atoms with Gasteiger partial charge in [0.1, 0.15) is 0 Å². The number of aromatic nitrogens is 2. The molecule has 0 bridgehead atoms. The van der Waals surface area contributed by atoms with Gasteiger partial charge in [-0.1, -0.05) is 91.0 Å². The van der Waals surface area contributed by atoms with Crippen LogP contribution < -0.4 is 0 Å². The molecule has 7 aromatic carbocycles. The van der Waals surface area contributed by atoms with E-state index < -0.39 is 0 Å². The van der Waals surface area contributed by atoms with Crippen molar-refractivity contribution >= 4 is 107 Å². The van der Waals surface area contributed by atoms with Gasteiger partial charge >= 0.3 is 0 Å². The Morgan fingerprint density at radius 2 is 0.891 bits per heavy atom. The first-order valence-electron chi connectivity index (χ1n) is 15.6. The van der Waals surface area contributed by atoms with Crippen LogP contribution in [0.5, 0.6) is 0 Å². The summed E-state index contributed by atoms with van der Waals surface area (Å²) in [5.41, 5.74) is 7.43. The van der Waals surface area contributed by atoms with Crippen LogP contribution >= 0.6 is 22.7 Å². The summed E-state index contributed by atoms with van der Waals surface area (Å²) in [6.07, 6.45) is 0.